The minimum absolute atomic E-state index is 0.513. The first kappa shape index (κ1) is 17.6. The molecule has 0 N–H and O–H groups in total. The van der Waals surface area contributed by atoms with Gasteiger partial charge in [-0.15, -0.1) is 0 Å². The Morgan fingerprint density at radius 2 is 1.84 bits per heavy atom. The van der Waals surface area contributed by atoms with E-state index in [1.807, 2.05) is 17.8 Å². The van der Waals surface area contributed by atoms with E-state index in [1.165, 1.54) is 5.69 Å². The van der Waals surface area contributed by atoms with E-state index in [0.717, 1.165) is 48.9 Å². The predicted octanol–water partition coefficient (Wildman–Crippen LogP) is 2.46. The predicted molar refractivity (Wildman–Crippen MR) is 99.6 cm³/mol. The molecule has 0 unspecified atom stereocenters. The van der Waals surface area contributed by atoms with Crippen molar-refractivity contribution in [1.29, 1.82) is 0 Å². The van der Waals surface area contributed by atoms with Crippen LogP contribution in [0.3, 0.4) is 0 Å². The molecule has 0 saturated carbocycles. The van der Waals surface area contributed by atoms with Gasteiger partial charge >= 0.3 is 0 Å². The number of likely N-dealkylation sites (N-methyl/N-ethyl adjacent to an activating group) is 1. The summed E-state index contributed by atoms with van der Waals surface area (Å²) in [5.74, 6) is 1.66. The number of benzene rings is 1. The first-order valence-corrected chi connectivity index (χ1v) is 8.68. The van der Waals surface area contributed by atoms with E-state index in [1.54, 1.807) is 14.2 Å². The van der Waals surface area contributed by atoms with Gasteiger partial charge in [-0.05, 0) is 26.5 Å². The maximum absolute atomic E-state index is 5.40. The summed E-state index contributed by atoms with van der Waals surface area (Å²) in [5.41, 5.74) is 3.48. The number of hydrogen-bond acceptors (Lipinski definition) is 5. The highest BCUT2D eigenvalue weighted by Crippen LogP contribution is 2.31. The lowest BCUT2D eigenvalue weighted by molar-refractivity contribution is 0.247. The zero-order chi connectivity index (χ0) is 18.0. The van der Waals surface area contributed by atoms with E-state index in [4.69, 9.17) is 9.47 Å². The standard InChI is InChI=1S/C19H28N4O2/c1-14-8-15(20-22(14)3)12-21(2)16-6-7-23(13-16)17-9-18(24-4)11-19(10-17)25-5/h8-11,16H,6-7,12-13H2,1-5H3/t16-/m0/s1. The van der Waals surface area contributed by atoms with Gasteiger partial charge in [0.1, 0.15) is 11.5 Å². The Morgan fingerprint density at radius 1 is 1.16 bits per heavy atom. The molecule has 25 heavy (non-hydrogen) atoms. The summed E-state index contributed by atoms with van der Waals surface area (Å²) in [6.07, 6.45) is 1.14. The van der Waals surface area contributed by atoms with E-state index in [0.29, 0.717) is 6.04 Å². The van der Waals surface area contributed by atoms with Crippen LogP contribution in [0.5, 0.6) is 11.5 Å². The zero-order valence-corrected chi connectivity index (χ0v) is 15.8. The van der Waals surface area contributed by atoms with Crippen molar-refractivity contribution < 1.29 is 9.47 Å². The highest BCUT2D eigenvalue weighted by Gasteiger charge is 2.27. The van der Waals surface area contributed by atoms with Crippen molar-refractivity contribution in [3.05, 3.63) is 35.7 Å². The van der Waals surface area contributed by atoms with Gasteiger partial charge in [0.25, 0.3) is 0 Å². The lowest BCUT2D eigenvalue weighted by Gasteiger charge is -2.25. The van der Waals surface area contributed by atoms with Gasteiger partial charge in [-0.1, -0.05) is 0 Å². The van der Waals surface area contributed by atoms with E-state index >= 15 is 0 Å². The maximum Gasteiger partial charge on any atom is 0.124 e. The van der Waals surface area contributed by atoms with Gasteiger partial charge in [0.05, 0.1) is 19.9 Å². The molecule has 1 aliphatic rings. The largest absolute Gasteiger partial charge is 0.497 e. The molecule has 1 atom stereocenters. The van der Waals surface area contributed by atoms with Crippen molar-refractivity contribution >= 4 is 5.69 Å². The minimum atomic E-state index is 0.513. The number of aromatic nitrogens is 2. The summed E-state index contributed by atoms with van der Waals surface area (Å²) in [6, 6.07) is 8.74. The molecule has 2 aromatic rings. The second-order valence-corrected chi connectivity index (χ2v) is 6.78. The van der Waals surface area contributed by atoms with Crippen LogP contribution in [-0.4, -0.2) is 55.1 Å². The monoisotopic (exact) mass is 344 g/mol. The van der Waals surface area contributed by atoms with Crippen molar-refractivity contribution in [2.75, 3.05) is 39.3 Å². The average Bonchev–Trinajstić information content (AvgIpc) is 3.22. The van der Waals surface area contributed by atoms with Gasteiger partial charge in [0.2, 0.25) is 0 Å². The van der Waals surface area contributed by atoms with Crippen molar-refractivity contribution in [3.63, 3.8) is 0 Å². The van der Waals surface area contributed by atoms with Gasteiger partial charge in [0.15, 0.2) is 0 Å². The number of nitrogens with zero attached hydrogens (tertiary/aromatic N) is 4. The third kappa shape index (κ3) is 3.90. The van der Waals surface area contributed by atoms with Gasteiger partial charge < -0.3 is 14.4 Å². The van der Waals surface area contributed by atoms with Crippen molar-refractivity contribution in [2.45, 2.75) is 25.9 Å². The molecule has 3 rings (SSSR count). The number of rotatable bonds is 6. The molecule has 0 amide bonds. The van der Waals surface area contributed by atoms with E-state index in [9.17, 15) is 0 Å². The molecule has 1 fully saturated rings. The van der Waals surface area contributed by atoms with Crippen LogP contribution in [-0.2, 0) is 13.6 Å². The molecule has 0 spiro atoms. The maximum atomic E-state index is 5.40. The fraction of sp³-hybridized carbons (Fsp3) is 0.526. The molecule has 1 aliphatic heterocycles. The van der Waals surface area contributed by atoms with Gasteiger partial charge in [-0.3, -0.25) is 9.58 Å². The Balaban J connectivity index is 1.66. The van der Waals surface area contributed by atoms with Gasteiger partial charge in [0, 0.05) is 62.3 Å². The summed E-state index contributed by atoms with van der Waals surface area (Å²) in [5, 5.41) is 4.57. The van der Waals surface area contributed by atoms with Crippen LogP contribution in [0.25, 0.3) is 0 Å². The highest BCUT2D eigenvalue weighted by molar-refractivity contribution is 5.56. The average molecular weight is 344 g/mol. The Bertz CT molecular complexity index is 686. The third-order valence-corrected chi connectivity index (χ3v) is 5.06. The number of hydrogen-bond donors (Lipinski definition) is 0. The second-order valence-electron chi connectivity index (χ2n) is 6.78. The molecule has 1 aromatic carbocycles. The highest BCUT2D eigenvalue weighted by atomic mass is 16.5. The Kier molecular flexibility index (Phi) is 5.18. The molecule has 0 aliphatic carbocycles. The summed E-state index contributed by atoms with van der Waals surface area (Å²) in [4.78, 5) is 4.80. The Hall–Kier alpha value is -2.21. The summed E-state index contributed by atoms with van der Waals surface area (Å²) < 4.78 is 12.7. The van der Waals surface area contributed by atoms with Crippen LogP contribution in [0.15, 0.2) is 24.3 Å². The molecule has 1 saturated heterocycles. The summed E-state index contributed by atoms with van der Waals surface area (Å²) in [7, 11) is 7.55. The molecule has 0 radical (unpaired) electrons. The quantitative estimate of drug-likeness (QED) is 0.805. The molecular formula is C19H28N4O2. The smallest absolute Gasteiger partial charge is 0.124 e. The lowest BCUT2D eigenvalue weighted by atomic mass is 10.2. The third-order valence-electron chi connectivity index (χ3n) is 5.06. The second kappa shape index (κ2) is 7.35. The SMILES string of the molecule is COc1cc(OC)cc(N2CC[C@H](N(C)Cc3cc(C)n(C)n3)C2)c1. The van der Waals surface area contributed by atoms with Crippen LogP contribution in [0.1, 0.15) is 17.8 Å². The molecule has 0 bridgehead atoms. The van der Waals surface area contributed by atoms with E-state index in [-0.39, 0.29) is 0 Å². The normalized spacial score (nSPS) is 17.4. The number of aryl methyl sites for hydroxylation is 2. The molecule has 6 heteroatoms. The molecule has 1 aromatic heterocycles. The number of ether oxygens (including phenoxy) is 2. The van der Waals surface area contributed by atoms with Crippen LogP contribution in [0, 0.1) is 6.92 Å². The van der Waals surface area contributed by atoms with Gasteiger partial charge in [-0.2, -0.15) is 5.10 Å². The molecular weight excluding hydrogens is 316 g/mol. The van der Waals surface area contributed by atoms with E-state index < -0.39 is 0 Å². The number of anilines is 1. The Morgan fingerprint density at radius 3 is 2.40 bits per heavy atom. The summed E-state index contributed by atoms with van der Waals surface area (Å²) >= 11 is 0. The summed E-state index contributed by atoms with van der Waals surface area (Å²) in [6.45, 7) is 5.00. The first-order chi connectivity index (χ1) is 12.0. The van der Waals surface area contributed by atoms with Crippen LogP contribution in [0.2, 0.25) is 0 Å². The van der Waals surface area contributed by atoms with Gasteiger partial charge in [-0.25, -0.2) is 0 Å². The van der Waals surface area contributed by atoms with Crippen molar-refractivity contribution in [1.82, 2.24) is 14.7 Å². The first-order valence-electron chi connectivity index (χ1n) is 8.68. The van der Waals surface area contributed by atoms with Crippen LogP contribution in [0.4, 0.5) is 5.69 Å². The lowest BCUT2D eigenvalue weighted by Crippen LogP contribution is -2.34. The van der Waals surface area contributed by atoms with Crippen LogP contribution >= 0.6 is 0 Å². The van der Waals surface area contributed by atoms with Crippen molar-refractivity contribution in [3.8, 4) is 11.5 Å². The van der Waals surface area contributed by atoms with Crippen LogP contribution < -0.4 is 14.4 Å². The fourth-order valence-corrected chi connectivity index (χ4v) is 3.41. The minimum Gasteiger partial charge on any atom is -0.497 e. The molecule has 136 valence electrons. The number of methoxy groups -OCH3 is 2. The van der Waals surface area contributed by atoms with Crippen molar-refractivity contribution in [2.24, 2.45) is 7.05 Å². The topological polar surface area (TPSA) is 42.8 Å². The van der Waals surface area contributed by atoms with E-state index in [2.05, 4.69) is 47.1 Å². The Labute approximate surface area is 149 Å². The fourth-order valence-electron chi connectivity index (χ4n) is 3.41. The zero-order valence-electron chi connectivity index (χ0n) is 15.8. The molecule has 6 nitrogen and oxygen atoms in total. The molecule has 2 heterocycles.